The largest absolute Gasteiger partial charge is 0.300 e. The van der Waals surface area contributed by atoms with E-state index in [2.05, 4.69) is 11.0 Å². The summed E-state index contributed by atoms with van der Waals surface area (Å²) in [4.78, 5) is 22.4. The summed E-state index contributed by atoms with van der Waals surface area (Å²) in [6, 6.07) is 0. The SMILES string of the molecule is C=S1CCN(CC(=O)N=O)CC1. The van der Waals surface area contributed by atoms with Crippen molar-refractivity contribution in [1.82, 2.24) is 4.90 Å². The van der Waals surface area contributed by atoms with Gasteiger partial charge in [0.1, 0.15) is 0 Å². The number of nitrogens with zero attached hydrogens (tertiary/aromatic N) is 2. The first-order chi connectivity index (χ1) is 5.72. The smallest absolute Gasteiger partial charge is 0.293 e. The Kier molecular flexibility index (Phi) is 3.55. The molecule has 4 nitrogen and oxygen atoms in total. The molecule has 1 aliphatic rings. The predicted molar refractivity (Wildman–Crippen MR) is 51.7 cm³/mol. The van der Waals surface area contributed by atoms with Gasteiger partial charge in [0, 0.05) is 29.8 Å². The molecule has 0 N–H and O–H groups in total. The highest BCUT2D eigenvalue weighted by Gasteiger charge is 2.14. The van der Waals surface area contributed by atoms with Crippen LogP contribution < -0.4 is 0 Å². The zero-order valence-electron chi connectivity index (χ0n) is 6.86. The molecule has 1 heterocycles. The molecule has 1 fully saturated rings. The first-order valence-electron chi connectivity index (χ1n) is 3.78. The summed E-state index contributed by atoms with van der Waals surface area (Å²) in [6.07, 6.45) is 0. The van der Waals surface area contributed by atoms with Crippen molar-refractivity contribution < 1.29 is 4.79 Å². The second-order valence-corrected chi connectivity index (χ2v) is 4.82. The Morgan fingerprint density at radius 2 is 2.08 bits per heavy atom. The summed E-state index contributed by atoms with van der Waals surface area (Å²) in [5.41, 5.74) is 0. The van der Waals surface area contributed by atoms with Crippen molar-refractivity contribution in [1.29, 1.82) is 0 Å². The first-order valence-corrected chi connectivity index (χ1v) is 5.51. The predicted octanol–water partition coefficient (Wildman–Crippen LogP) is 0.296. The molecule has 1 aliphatic heterocycles. The van der Waals surface area contributed by atoms with E-state index in [9.17, 15) is 9.70 Å². The van der Waals surface area contributed by atoms with E-state index < -0.39 is 5.91 Å². The van der Waals surface area contributed by atoms with Crippen LogP contribution in [0.2, 0.25) is 0 Å². The number of hydrogen-bond donors (Lipinski definition) is 0. The topological polar surface area (TPSA) is 49.7 Å². The molecular weight excluding hydrogens is 176 g/mol. The van der Waals surface area contributed by atoms with Crippen molar-refractivity contribution in [3.63, 3.8) is 0 Å². The third-order valence-corrected chi connectivity index (χ3v) is 3.37. The number of carbonyl (C=O) groups excluding carboxylic acids is 1. The average Bonchev–Trinajstić information content (AvgIpc) is 2.09. The molecular formula is C7H12N2O2S. The van der Waals surface area contributed by atoms with Gasteiger partial charge in [0.25, 0.3) is 5.91 Å². The van der Waals surface area contributed by atoms with Gasteiger partial charge >= 0.3 is 0 Å². The van der Waals surface area contributed by atoms with E-state index in [-0.39, 0.29) is 17.0 Å². The Labute approximate surface area is 73.8 Å². The zero-order valence-corrected chi connectivity index (χ0v) is 7.68. The second kappa shape index (κ2) is 4.47. The minimum atomic E-state index is -0.569. The summed E-state index contributed by atoms with van der Waals surface area (Å²) < 4.78 is 0. The van der Waals surface area contributed by atoms with E-state index in [1.165, 1.54) is 0 Å². The molecule has 0 aromatic carbocycles. The quantitative estimate of drug-likeness (QED) is 0.462. The second-order valence-electron chi connectivity index (χ2n) is 2.78. The third-order valence-electron chi connectivity index (χ3n) is 1.85. The minimum absolute atomic E-state index is 0.181. The van der Waals surface area contributed by atoms with Gasteiger partial charge in [-0.1, -0.05) is 5.87 Å². The van der Waals surface area contributed by atoms with Crippen LogP contribution in [0.4, 0.5) is 0 Å². The fourth-order valence-corrected chi connectivity index (χ4v) is 2.35. The molecule has 1 amide bonds. The third kappa shape index (κ3) is 2.83. The van der Waals surface area contributed by atoms with Crippen molar-refractivity contribution in [2.45, 2.75) is 0 Å². The molecule has 0 spiro atoms. The van der Waals surface area contributed by atoms with Gasteiger partial charge in [-0.05, 0) is 0 Å². The van der Waals surface area contributed by atoms with Crippen molar-refractivity contribution in [3.8, 4) is 0 Å². The van der Waals surface area contributed by atoms with Crippen LogP contribution in [0.3, 0.4) is 0 Å². The Morgan fingerprint density at radius 1 is 1.50 bits per heavy atom. The molecule has 12 heavy (non-hydrogen) atoms. The lowest BCUT2D eigenvalue weighted by Gasteiger charge is -2.26. The van der Waals surface area contributed by atoms with Crippen LogP contribution in [0.15, 0.2) is 5.18 Å². The maximum absolute atomic E-state index is 10.6. The zero-order chi connectivity index (χ0) is 8.97. The van der Waals surface area contributed by atoms with E-state index in [1.54, 1.807) is 0 Å². The van der Waals surface area contributed by atoms with Gasteiger partial charge in [-0.3, -0.25) is 9.69 Å². The van der Waals surface area contributed by atoms with Crippen LogP contribution in [-0.2, 0) is 4.79 Å². The molecule has 0 radical (unpaired) electrons. The summed E-state index contributed by atoms with van der Waals surface area (Å²) in [6.45, 7) is 1.92. The van der Waals surface area contributed by atoms with Crippen LogP contribution >= 0.6 is 10.5 Å². The number of rotatable bonds is 2. The normalized spacial score (nSPS) is 20.7. The van der Waals surface area contributed by atoms with Crippen LogP contribution in [0, 0.1) is 4.91 Å². The number of amides is 1. The van der Waals surface area contributed by atoms with Crippen LogP contribution in [-0.4, -0.2) is 47.8 Å². The highest BCUT2D eigenvalue weighted by atomic mass is 32.2. The van der Waals surface area contributed by atoms with E-state index in [0.717, 1.165) is 24.6 Å². The summed E-state index contributed by atoms with van der Waals surface area (Å²) in [5, 5.41) is 2.36. The van der Waals surface area contributed by atoms with Gasteiger partial charge in [0.2, 0.25) is 0 Å². The van der Waals surface area contributed by atoms with Crippen LogP contribution in [0.1, 0.15) is 0 Å². The fraction of sp³-hybridized carbons (Fsp3) is 0.714. The molecule has 0 aromatic rings. The Morgan fingerprint density at radius 3 is 2.58 bits per heavy atom. The Bertz CT molecular complexity index is 207. The molecule has 0 unspecified atom stereocenters. The maximum atomic E-state index is 10.6. The molecule has 0 aliphatic carbocycles. The van der Waals surface area contributed by atoms with Crippen molar-refractivity contribution in [3.05, 3.63) is 4.91 Å². The highest BCUT2D eigenvalue weighted by Crippen LogP contribution is 2.14. The monoisotopic (exact) mass is 188 g/mol. The summed E-state index contributed by atoms with van der Waals surface area (Å²) in [7, 11) is 0.261. The molecule has 0 aromatic heterocycles. The van der Waals surface area contributed by atoms with E-state index >= 15 is 0 Å². The van der Waals surface area contributed by atoms with E-state index in [1.807, 2.05) is 4.90 Å². The van der Waals surface area contributed by atoms with Gasteiger partial charge in [0.05, 0.1) is 6.54 Å². The maximum Gasteiger partial charge on any atom is 0.300 e. The van der Waals surface area contributed by atoms with Crippen LogP contribution in [0.5, 0.6) is 0 Å². The molecule has 0 saturated carbocycles. The van der Waals surface area contributed by atoms with E-state index in [4.69, 9.17) is 0 Å². The first kappa shape index (κ1) is 9.54. The summed E-state index contributed by atoms with van der Waals surface area (Å²) >= 11 is 0. The van der Waals surface area contributed by atoms with Gasteiger partial charge in [-0.15, -0.1) is 4.91 Å². The number of carbonyl (C=O) groups is 1. The van der Waals surface area contributed by atoms with Gasteiger partial charge < -0.3 is 0 Å². The Hall–Kier alpha value is -0.550. The molecule has 68 valence electrons. The number of nitroso groups, excluding NO2 is 1. The molecule has 0 bridgehead atoms. The lowest BCUT2D eigenvalue weighted by molar-refractivity contribution is -0.119. The van der Waals surface area contributed by atoms with Crippen molar-refractivity contribution in [2.24, 2.45) is 5.18 Å². The van der Waals surface area contributed by atoms with Gasteiger partial charge in [-0.25, -0.2) is 0 Å². The van der Waals surface area contributed by atoms with Crippen molar-refractivity contribution >= 4 is 22.3 Å². The van der Waals surface area contributed by atoms with Gasteiger partial charge in [0.15, 0.2) is 0 Å². The lowest BCUT2D eigenvalue weighted by Crippen LogP contribution is -2.36. The highest BCUT2D eigenvalue weighted by molar-refractivity contribution is 8.14. The molecule has 0 atom stereocenters. The molecule has 1 rings (SSSR count). The molecule has 1 saturated heterocycles. The van der Waals surface area contributed by atoms with Crippen molar-refractivity contribution in [2.75, 3.05) is 31.1 Å². The number of hydrogen-bond acceptors (Lipinski definition) is 3. The fourth-order valence-electron chi connectivity index (χ4n) is 1.11. The van der Waals surface area contributed by atoms with Crippen LogP contribution in [0.25, 0.3) is 0 Å². The van der Waals surface area contributed by atoms with E-state index in [0.29, 0.717) is 0 Å². The summed E-state index contributed by atoms with van der Waals surface area (Å²) in [5.74, 6) is 5.46. The lowest BCUT2D eigenvalue weighted by atomic mass is 10.4. The minimum Gasteiger partial charge on any atom is -0.293 e. The Balaban J connectivity index is 2.30. The average molecular weight is 188 g/mol. The standard InChI is InChI=1S/C7H12N2O2S/c1-12-4-2-9(3-5-12)6-7(10)8-11/h1-6H2. The molecule has 5 heteroatoms. The van der Waals surface area contributed by atoms with Gasteiger partial charge in [-0.2, -0.15) is 10.5 Å².